The second-order valence-electron chi connectivity index (χ2n) is 7.49. The van der Waals surface area contributed by atoms with Crippen molar-refractivity contribution in [2.24, 2.45) is 0 Å². The highest BCUT2D eigenvalue weighted by Crippen LogP contribution is 2.22. The van der Waals surface area contributed by atoms with Crippen molar-refractivity contribution < 1.29 is 14.7 Å². The molecule has 0 spiro atoms. The van der Waals surface area contributed by atoms with E-state index >= 15 is 0 Å². The van der Waals surface area contributed by atoms with Crippen LogP contribution in [0.15, 0.2) is 42.5 Å². The third-order valence-electron chi connectivity index (χ3n) is 5.40. The number of hydrogen-bond donors (Lipinski definition) is 1. The number of aromatic nitrogens is 1. The van der Waals surface area contributed by atoms with Crippen molar-refractivity contribution in [1.82, 2.24) is 14.8 Å². The zero-order valence-electron chi connectivity index (χ0n) is 17.5. The molecule has 1 N–H and O–H groups in total. The first-order chi connectivity index (χ1) is 14.0. The number of amides is 1. The molecule has 0 aliphatic heterocycles. The molecule has 29 heavy (non-hydrogen) atoms. The van der Waals surface area contributed by atoms with Crippen molar-refractivity contribution in [2.75, 3.05) is 27.2 Å². The van der Waals surface area contributed by atoms with Crippen LogP contribution in [0.5, 0.6) is 0 Å². The van der Waals surface area contributed by atoms with Crippen molar-refractivity contribution in [3.05, 3.63) is 53.7 Å². The molecular weight excluding hydrogens is 366 g/mol. The minimum absolute atomic E-state index is 0.0774. The van der Waals surface area contributed by atoms with Gasteiger partial charge >= 0.3 is 0 Å². The average molecular weight is 398 g/mol. The summed E-state index contributed by atoms with van der Waals surface area (Å²) in [6, 6.07) is 14.4. The van der Waals surface area contributed by atoms with Gasteiger partial charge in [-0.15, -0.1) is 0 Å². The van der Waals surface area contributed by atoms with Crippen molar-refractivity contribution in [3.8, 4) is 11.3 Å². The fourth-order valence-corrected chi connectivity index (χ4v) is 3.64. The van der Waals surface area contributed by atoms with Crippen molar-refractivity contribution in [3.63, 3.8) is 0 Å². The summed E-state index contributed by atoms with van der Waals surface area (Å²) < 4.78 is 0. The van der Waals surface area contributed by atoms with E-state index in [1.807, 2.05) is 61.3 Å². The highest BCUT2D eigenvalue weighted by atomic mass is 16.3. The van der Waals surface area contributed by atoms with Crippen LogP contribution in [0.4, 0.5) is 0 Å². The maximum absolute atomic E-state index is 12.7. The Morgan fingerprint density at radius 2 is 1.72 bits per heavy atom. The van der Waals surface area contributed by atoms with Gasteiger partial charge in [0.05, 0.1) is 5.69 Å². The molecule has 6 nitrogen and oxygen atoms in total. The Hall–Kier alpha value is -2.73. The van der Waals surface area contributed by atoms with Gasteiger partial charge in [0.1, 0.15) is 0 Å². The second kappa shape index (κ2) is 11.3. The van der Waals surface area contributed by atoms with Gasteiger partial charge in [-0.1, -0.05) is 31.0 Å². The zero-order chi connectivity index (χ0) is 21.2. The summed E-state index contributed by atoms with van der Waals surface area (Å²) in [4.78, 5) is 29.8. The lowest BCUT2D eigenvalue weighted by atomic mass is 10.1. The van der Waals surface area contributed by atoms with Gasteiger partial charge in [0.15, 0.2) is 0 Å². The molecule has 1 fully saturated rings. The highest BCUT2D eigenvalue weighted by Gasteiger charge is 2.20. The van der Waals surface area contributed by atoms with Gasteiger partial charge in [0.2, 0.25) is 0 Å². The van der Waals surface area contributed by atoms with Crippen LogP contribution in [-0.2, 0) is 4.79 Å². The topological polar surface area (TPSA) is 73.7 Å². The van der Waals surface area contributed by atoms with E-state index < -0.39 is 0 Å². The molecule has 1 aliphatic carbocycles. The molecule has 1 aromatic carbocycles. The number of carbonyl (C=O) groups excluding carboxylic acids is 1. The Labute approximate surface area is 173 Å². The average Bonchev–Trinajstić information content (AvgIpc) is 3.27. The van der Waals surface area contributed by atoms with E-state index in [1.54, 1.807) is 0 Å². The Morgan fingerprint density at radius 3 is 2.31 bits per heavy atom. The van der Waals surface area contributed by atoms with Crippen LogP contribution in [0.3, 0.4) is 0 Å². The lowest BCUT2D eigenvalue weighted by molar-refractivity contribution is -0.122. The molecule has 2 aromatic rings. The SMILES string of the molecule is Cc1cccc(-c2ccc(C(=O)N(C)CCN(C)C3CCCC3)cc2)n1.O=CO. The molecule has 1 aliphatic rings. The van der Waals surface area contributed by atoms with Gasteiger partial charge in [-0.25, -0.2) is 0 Å². The number of carboxylic acid groups (broad SMARTS) is 1. The summed E-state index contributed by atoms with van der Waals surface area (Å²) in [5.41, 5.74) is 3.70. The normalized spacial score (nSPS) is 13.7. The molecule has 1 heterocycles. The fourth-order valence-electron chi connectivity index (χ4n) is 3.64. The number of rotatable bonds is 6. The van der Waals surface area contributed by atoms with E-state index in [-0.39, 0.29) is 12.4 Å². The summed E-state index contributed by atoms with van der Waals surface area (Å²) in [7, 11) is 4.07. The van der Waals surface area contributed by atoms with Crippen molar-refractivity contribution in [2.45, 2.75) is 38.6 Å². The molecule has 0 radical (unpaired) electrons. The minimum Gasteiger partial charge on any atom is -0.483 e. The monoisotopic (exact) mass is 397 g/mol. The first-order valence-corrected chi connectivity index (χ1v) is 10.0. The van der Waals surface area contributed by atoms with Gasteiger partial charge in [-0.2, -0.15) is 0 Å². The van der Waals surface area contributed by atoms with Gasteiger partial charge in [0.25, 0.3) is 12.4 Å². The number of likely N-dealkylation sites (N-methyl/N-ethyl adjacent to an activating group) is 2. The number of hydrogen-bond acceptors (Lipinski definition) is 4. The molecule has 1 saturated carbocycles. The smallest absolute Gasteiger partial charge is 0.290 e. The maximum Gasteiger partial charge on any atom is 0.290 e. The third kappa shape index (κ3) is 6.68. The minimum atomic E-state index is -0.250. The number of pyridine rings is 1. The van der Waals surface area contributed by atoms with E-state index in [2.05, 4.69) is 16.9 Å². The van der Waals surface area contributed by atoms with Crippen LogP contribution in [0.1, 0.15) is 41.7 Å². The van der Waals surface area contributed by atoms with Crippen LogP contribution in [0, 0.1) is 6.92 Å². The first kappa shape index (κ1) is 22.6. The van der Waals surface area contributed by atoms with Crippen LogP contribution in [0.25, 0.3) is 11.3 Å². The summed E-state index contributed by atoms with van der Waals surface area (Å²) in [6.45, 7) is 3.42. The van der Waals surface area contributed by atoms with Gasteiger partial charge in [-0.3, -0.25) is 14.6 Å². The summed E-state index contributed by atoms with van der Waals surface area (Å²) >= 11 is 0. The lowest BCUT2D eigenvalue weighted by Gasteiger charge is -2.26. The van der Waals surface area contributed by atoms with Gasteiger partial charge < -0.3 is 14.9 Å². The lowest BCUT2D eigenvalue weighted by Crippen LogP contribution is -2.38. The third-order valence-corrected chi connectivity index (χ3v) is 5.40. The van der Waals surface area contributed by atoms with Crippen LogP contribution in [-0.4, -0.2) is 65.5 Å². The molecule has 0 saturated heterocycles. The number of carbonyl (C=O) groups is 2. The number of nitrogens with zero attached hydrogens (tertiary/aromatic N) is 3. The Kier molecular flexibility index (Phi) is 8.80. The van der Waals surface area contributed by atoms with E-state index in [1.165, 1.54) is 25.7 Å². The van der Waals surface area contributed by atoms with Crippen LogP contribution < -0.4 is 0 Å². The summed E-state index contributed by atoms with van der Waals surface area (Å²) in [5, 5.41) is 6.89. The van der Waals surface area contributed by atoms with Crippen LogP contribution >= 0.6 is 0 Å². The molecule has 0 atom stereocenters. The quantitative estimate of drug-likeness (QED) is 0.753. The van der Waals surface area contributed by atoms with Crippen molar-refractivity contribution in [1.29, 1.82) is 0 Å². The molecule has 1 amide bonds. The van der Waals surface area contributed by atoms with E-state index in [0.717, 1.165) is 35.6 Å². The van der Waals surface area contributed by atoms with E-state index in [4.69, 9.17) is 9.90 Å². The van der Waals surface area contributed by atoms with Gasteiger partial charge in [0, 0.05) is 43.0 Å². The Balaban J connectivity index is 0.000000941. The zero-order valence-corrected chi connectivity index (χ0v) is 17.5. The predicted molar refractivity (Wildman–Crippen MR) is 115 cm³/mol. The standard InChI is InChI=1S/C22H29N3O.CH2O2/c1-17-7-6-10-21(23-17)18-11-13-19(14-12-18)22(26)25(3)16-15-24(2)20-8-4-5-9-20;2-1-3/h6-7,10-14,20H,4-5,8-9,15-16H2,1-3H3;1H,(H,2,3). The number of aryl methyl sites for hydroxylation is 1. The fraction of sp³-hybridized carbons (Fsp3) is 0.435. The molecule has 3 rings (SSSR count). The molecule has 1 aromatic heterocycles. The van der Waals surface area contributed by atoms with Gasteiger partial charge in [-0.05, 0) is 51.1 Å². The molecule has 6 heteroatoms. The predicted octanol–water partition coefficient (Wildman–Crippen LogP) is 3.70. The first-order valence-electron chi connectivity index (χ1n) is 10.0. The summed E-state index contributed by atoms with van der Waals surface area (Å²) in [5.74, 6) is 0.0774. The maximum atomic E-state index is 12.7. The number of benzene rings is 1. The highest BCUT2D eigenvalue weighted by molar-refractivity contribution is 5.94. The molecule has 0 bridgehead atoms. The van der Waals surface area contributed by atoms with E-state index in [9.17, 15) is 4.79 Å². The largest absolute Gasteiger partial charge is 0.483 e. The Bertz CT molecular complexity index is 786. The second-order valence-corrected chi connectivity index (χ2v) is 7.49. The Morgan fingerprint density at radius 1 is 1.10 bits per heavy atom. The molecule has 0 unspecified atom stereocenters. The van der Waals surface area contributed by atoms with E-state index in [0.29, 0.717) is 6.04 Å². The summed E-state index contributed by atoms with van der Waals surface area (Å²) in [6.07, 6.45) is 5.27. The molecular formula is C23H31N3O3. The molecule has 156 valence electrons. The van der Waals surface area contributed by atoms with Crippen LogP contribution in [0.2, 0.25) is 0 Å². The van der Waals surface area contributed by atoms with Crippen molar-refractivity contribution >= 4 is 12.4 Å².